The van der Waals surface area contributed by atoms with Crippen molar-refractivity contribution < 1.29 is 0 Å². The van der Waals surface area contributed by atoms with E-state index in [0.29, 0.717) is 23.3 Å². The maximum absolute atomic E-state index is 5.32. The molecule has 3 aliphatic carbocycles. The zero-order valence-corrected chi connectivity index (χ0v) is 35.8. The van der Waals surface area contributed by atoms with Crippen molar-refractivity contribution in [2.24, 2.45) is 0 Å². The number of hydrogen-bond acceptors (Lipinski definition) is 5. The minimum Gasteiger partial charge on any atom is -0.228 e. The second kappa shape index (κ2) is 15.5. The van der Waals surface area contributed by atoms with Gasteiger partial charge in [-0.3, -0.25) is 0 Å². The fourth-order valence-electron chi connectivity index (χ4n) is 10.2. The Balaban J connectivity index is 0.939. The van der Waals surface area contributed by atoms with E-state index < -0.39 is 0 Å². The topological polar surface area (TPSA) is 64.5 Å². The van der Waals surface area contributed by atoms with Gasteiger partial charge in [-0.1, -0.05) is 200 Å². The fourth-order valence-corrected chi connectivity index (χ4v) is 10.2. The van der Waals surface area contributed by atoms with E-state index in [9.17, 15) is 0 Å². The third kappa shape index (κ3) is 6.43. The molecule has 0 amide bonds. The lowest BCUT2D eigenvalue weighted by molar-refractivity contribution is 0.754. The molecule has 0 N–H and O–H groups in total. The van der Waals surface area contributed by atoms with Crippen LogP contribution in [-0.2, 0) is 0 Å². The van der Waals surface area contributed by atoms with E-state index >= 15 is 0 Å². The molecule has 2 aromatic heterocycles. The van der Waals surface area contributed by atoms with Crippen LogP contribution in [0.5, 0.6) is 0 Å². The molecule has 0 aliphatic heterocycles. The molecule has 0 fully saturated rings. The fraction of sp³-hybridized carbons (Fsp3) is 0.0328. The van der Waals surface area contributed by atoms with Crippen molar-refractivity contribution in [1.82, 2.24) is 24.9 Å². The highest BCUT2D eigenvalue weighted by atomic mass is 15.0. The van der Waals surface area contributed by atoms with Crippen molar-refractivity contribution in [2.45, 2.75) is 11.8 Å². The van der Waals surface area contributed by atoms with Crippen LogP contribution in [-0.4, -0.2) is 24.9 Å². The lowest BCUT2D eigenvalue weighted by Gasteiger charge is -2.42. The first kappa shape index (κ1) is 37.8. The summed E-state index contributed by atoms with van der Waals surface area (Å²) < 4.78 is 0. The summed E-state index contributed by atoms with van der Waals surface area (Å²) in [4.78, 5) is 25.8. The molecule has 14 rings (SSSR count). The Morgan fingerprint density at radius 3 is 1.26 bits per heavy atom. The van der Waals surface area contributed by atoms with Crippen LogP contribution in [0.3, 0.4) is 0 Å². The average Bonchev–Trinajstić information content (AvgIpc) is 3.40. The summed E-state index contributed by atoms with van der Waals surface area (Å²) in [5.74, 6) is 2.76. The van der Waals surface area contributed by atoms with Crippen LogP contribution in [0.2, 0.25) is 0 Å². The molecule has 2 heterocycles. The summed E-state index contributed by atoms with van der Waals surface area (Å²) in [6, 6.07) is 79.4. The predicted molar refractivity (Wildman–Crippen MR) is 266 cm³/mol. The first-order valence-electron chi connectivity index (χ1n) is 22.5. The van der Waals surface area contributed by atoms with Crippen molar-refractivity contribution in [1.29, 1.82) is 0 Å². The highest BCUT2D eigenvalue weighted by Gasteiger charge is 2.41. The Morgan fingerprint density at radius 1 is 0.227 bits per heavy atom. The largest absolute Gasteiger partial charge is 0.228 e. The summed E-state index contributed by atoms with van der Waals surface area (Å²) in [5, 5.41) is 2.43. The third-order valence-electron chi connectivity index (χ3n) is 13.3. The molecule has 0 spiro atoms. The molecule has 2 bridgehead atoms. The standard InChI is InChI=1S/C61H39N5/c1-4-17-39(18-5-1)58-62-54(37-55(63-58)47-25-13-12-24-46(47)43-29-28-38-16-10-11-23-42(38)34-43)44-30-32-50-52(35-44)56-48-26-14-15-27-49(48)57(50)53-36-45(31-33-51(53)56)61-65-59(40-19-6-2-7-20-40)64-60(66-61)41-21-8-3-9-22-41/h1-37,56-57H. The van der Waals surface area contributed by atoms with Gasteiger partial charge in [-0.15, -0.1) is 0 Å². The average molecular weight is 842 g/mol. The Bertz CT molecular complexity index is 3600. The van der Waals surface area contributed by atoms with Crippen LogP contribution in [0.25, 0.3) is 90.0 Å². The molecular formula is C61H39N5. The number of benzene rings is 9. The third-order valence-corrected chi connectivity index (χ3v) is 13.3. The Kier molecular flexibility index (Phi) is 8.91. The smallest absolute Gasteiger partial charge is 0.164 e. The lowest BCUT2D eigenvalue weighted by Crippen LogP contribution is -2.27. The second-order valence-corrected chi connectivity index (χ2v) is 17.2. The maximum Gasteiger partial charge on any atom is 0.164 e. The summed E-state index contributed by atoms with van der Waals surface area (Å²) in [5.41, 5.74) is 18.0. The van der Waals surface area contributed by atoms with E-state index in [4.69, 9.17) is 24.9 Å². The SMILES string of the molecule is c1ccc(-c2nc(-c3ccc4c(c3)C3c5ccccc5C4c4cc(-c5nc(-c6ccccc6)nc(-c6ccccc6)n5)ccc43)cc(-c3ccccc3-c3ccc4ccccc4c3)n2)cc1. The van der Waals surface area contributed by atoms with Gasteiger partial charge in [0.2, 0.25) is 0 Å². The Morgan fingerprint density at radius 2 is 0.652 bits per heavy atom. The molecule has 3 aliphatic rings. The van der Waals surface area contributed by atoms with Crippen LogP contribution in [0.4, 0.5) is 0 Å². The van der Waals surface area contributed by atoms with Crippen molar-refractivity contribution in [3.05, 3.63) is 258 Å². The number of aromatic nitrogens is 5. The van der Waals surface area contributed by atoms with E-state index in [0.717, 1.165) is 55.9 Å². The van der Waals surface area contributed by atoms with Gasteiger partial charge in [-0.05, 0) is 79.5 Å². The van der Waals surface area contributed by atoms with E-state index in [-0.39, 0.29) is 11.8 Å². The van der Waals surface area contributed by atoms with Gasteiger partial charge in [0.15, 0.2) is 23.3 Å². The maximum atomic E-state index is 5.32. The molecule has 2 atom stereocenters. The van der Waals surface area contributed by atoms with Gasteiger partial charge >= 0.3 is 0 Å². The summed E-state index contributed by atoms with van der Waals surface area (Å²) in [6.07, 6.45) is 0. The van der Waals surface area contributed by atoms with Crippen LogP contribution < -0.4 is 0 Å². The van der Waals surface area contributed by atoms with Crippen LogP contribution in [0.15, 0.2) is 224 Å². The molecular weight excluding hydrogens is 803 g/mol. The molecule has 308 valence electrons. The molecule has 5 heteroatoms. The van der Waals surface area contributed by atoms with E-state index in [1.807, 2.05) is 42.5 Å². The van der Waals surface area contributed by atoms with Crippen molar-refractivity contribution in [2.75, 3.05) is 0 Å². The van der Waals surface area contributed by atoms with Gasteiger partial charge < -0.3 is 0 Å². The lowest BCUT2D eigenvalue weighted by atomic mass is 9.60. The van der Waals surface area contributed by atoms with E-state index in [1.165, 1.54) is 44.2 Å². The molecule has 0 radical (unpaired) electrons. The number of rotatable bonds is 7. The normalized spacial score (nSPS) is 14.4. The van der Waals surface area contributed by atoms with Gasteiger partial charge in [-0.2, -0.15) is 0 Å². The van der Waals surface area contributed by atoms with Crippen LogP contribution >= 0.6 is 0 Å². The van der Waals surface area contributed by atoms with Gasteiger partial charge in [0.05, 0.1) is 11.4 Å². The minimum absolute atomic E-state index is 0.0453. The Labute approximate surface area is 382 Å². The molecule has 11 aromatic rings. The number of nitrogens with zero attached hydrogens (tertiary/aromatic N) is 5. The van der Waals surface area contributed by atoms with Crippen molar-refractivity contribution in [3.63, 3.8) is 0 Å². The molecule has 0 saturated heterocycles. The number of hydrogen-bond donors (Lipinski definition) is 0. The highest BCUT2D eigenvalue weighted by molar-refractivity contribution is 5.91. The predicted octanol–water partition coefficient (Wildman–Crippen LogP) is 14.5. The zero-order chi connectivity index (χ0) is 43.6. The monoisotopic (exact) mass is 841 g/mol. The Hall–Kier alpha value is -8.67. The van der Waals surface area contributed by atoms with Gasteiger partial charge in [0, 0.05) is 45.2 Å². The molecule has 2 unspecified atom stereocenters. The van der Waals surface area contributed by atoms with Crippen LogP contribution in [0.1, 0.15) is 45.2 Å². The number of fused-ring (bicyclic) bond motifs is 1. The summed E-state index contributed by atoms with van der Waals surface area (Å²) in [7, 11) is 0. The van der Waals surface area contributed by atoms with E-state index in [1.54, 1.807) is 0 Å². The summed E-state index contributed by atoms with van der Waals surface area (Å²) >= 11 is 0. The first-order chi connectivity index (χ1) is 32.7. The minimum atomic E-state index is 0.0453. The highest BCUT2D eigenvalue weighted by Crippen LogP contribution is 2.56. The van der Waals surface area contributed by atoms with Crippen LogP contribution in [0, 0.1) is 0 Å². The molecule has 9 aromatic carbocycles. The molecule has 0 saturated carbocycles. The van der Waals surface area contributed by atoms with E-state index in [2.05, 4.69) is 182 Å². The summed E-state index contributed by atoms with van der Waals surface area (Å²) in [6.45, 7) is 0. The first-order valence-corrected chi connectivity index (χ1v) is 22.5. The molecule has 5 nitrogen and oxygen atoms in total. The van der Waals surface area contributed by atoms with Crippen molar-refractivity contribution >= 4 is 10.8 Å². The van der Waals surface area contributed by atoms with Gasteiger partial charge in [0.25, 0.3) is 0 Å². The quantitative estimate of drug-likeness (QED) is 0.160. The van der Waals surface area contributed by atoms with Crippen molar-refractivity contribution in [3.8, 4) is 79.2 Å². The zero-order valence-electron chi connectivity index (χ0n) is 35.8. The van der Waals surface area contributed by atoms with Gasteiger partial charge in [-0.25, -0.2) is 24.9 Å². The second-order valence-electron chi connectivity index (χ2n) is 17.2. The molecule has 66 heavy (non-hydrogen) atoms. The van der Waals surface area contributed by atoms with Gasteiger partial charge in [0.1, 0.15) is 0 Å².